The van der Waals surface area contributed by atoms with Gasteiger partial charge >= 0.3 is 0 Å². The number of benzene rings is 2. The largest absolute Gasteiger partial charge is 0.398 e. The lowest BCUT2D eigenvalue weighted by molar-refractivity contribution is 1.15. The molecule has 2 aromatic rings. The summed E-state index contributed by atoms with van der Waals surface area (Å²) < 4.78 is 0. The molecule has 2 aromatic carbocycles. The lowest BCUT2D eigenvalue weighted by Gasteiger charge is -2.07. The summed E-state index contributed by atoms with van der Waals surface area (Å²) in [7, 11) is 0. The second-order valence-electron chi connectivity index (χ2n) is 3.75. The Kier molecular flexibility index (Phi) is 3.27. The highest BCUT2D eigenvalue weighted by Gasteiger charge is 1.99. The first-order chi connectivity index (χ1) is 8.29. The van der Waals surface area contributed by atoms with Crippen molar-refractivity contribution in [3.63, 3.8) is 0 Å². The molecular weight excluding hydrogens is 210 g/mol. The molecule has 0 radical (unpaired) electrons. The van der Waals surface area contributed by atoms with E-state index in [4.69, 9.17) is 11.0 Å². The summed E-state index contributed by atoms with van der Waals surface area (Å²) in [6.45, 7) is 0.742. The molecule has 84 valence electrons. The smallest absolute Gasteiger partial charge is 0.101 e. The average molecular weight is 223 g/mol. The van der Waals surface area contributed by atoms with Crippen LogP contribution in [-0.4, -0.2) is 0 Å². The van der Waals surface area contributed by atoms with Crippen molar-refractivity contribution in [2.24, 2.45) is 0 Å². The van der Waals surface area contributed by atoms with Gasteiger partial charge in [-0.05, 0) is 23.8 Å². The third kappa shape index (κ3) is 2.76. The molecule has 17 heavy (non-hydrogen) atoms. The predicted octanol–water partition coefficient (Wildman–Crippen LogP) is 2.75. The van der Waals surface area contributed by atoms with Crippen molar-refractivity contribution in [3.8, 4) is 6.07 Å². The quantitative estimate of drug-likeness (QED) is 0.786. The first kappa shape index (κ1) is 11.0. The summed E-state index contributed by atoms with van der Waals surface area (Å²) in [6, 6.07) is 17.5. The highest BCUT2D eigenvalue weighted by molar-refractivity contribution is 5.62. The second kappa shape index (κ2) is 5.04. The van der Waals surface area contributed by atoms with Crippen molar-refractivity contribution >= 4 is 11.4 Å². The van der Waals surface area contributed by atoms with E-state index < -0.39 is 0 Å². The molecule has 0 aliphatic heterocycles. The van der Waals surface area contributed by atoms with E-state index in [0.29, 0.717) is 11.3 Å². The van der Waals surface area contributed by atoms with Crippen LogP contribution in [0.5, 0.6) is 0 Å². The van der Waals surface area contributed by atoms with Gasteiger partial charge in [0.25, 0.3) is 0 Å². The zero-order chi connectivity index (χ0) is 12.1. The first-order valence-electron chi connectivity index (χ1n) is 5.37. The highest BCUT2D eigenvalue weighted by atomic mass is 14.9. The minimum Gasteiger partial charge on any atom is -0.398 e. The van der Waals surface area contributed by atoms with Gasteiger partial charge in [-0.2, -0.15) is 5.26 Å². The Hall–Kier alpha value is -2.47. The molecule has 0 spiro atoms. The summed E-state index contributed by atoms with van der Waals surface area (Å²) in [5.74, 6) is 0. The van der Waals surface area contributed by atoms with Gasteiger partial charge in [-0.1, -0.05) is 30.3 Å². The number of hydrogen-bond donors (Lipinski definition) is 2. The molecule has 0 aromatic heterocycles. The zero-order valence-corrected chi connectivity index (χ0v) is 9.35. The lowest BCUT2D eigenvalue weighted by Crippen LogP contribution is -2.00. The fraction of sp³-hybridized carbons (Fsp3) is 0.0714. The highest BCUT2D eigenvalue weighted by Crippen LogP contribution is 2.17. The van der Waals surface area contributed by atoms with Gasteiger partial charge < -0.3 is 11.1 Å². The van der Waals surface area contributed by atoms with E-state index in [2.05, 4.69) is 17.4 Å². The van der Waals surface area contributed by atoms with Gasteiger partial charge in [-0.15, -0.1) is 0 Å². The van der Waals surface area contributed by atoms with Crippen molar-refractivity contribution < 1.29 is 0 Å². The number of nitrogens with zero attached hydrogens (tertiary/aromatic N) is 1. The van der Waals surface area contributed by atoms with Gasteiger partial charge in [0.15, 0.2) is 0 Å². The van der Waals surface area contributed by atoms with Crippen LogP contribution in [0.3, 0.4) is 0 Å². The third-order valence-electron chi connectivity index (χ3n) is 2.51. The molecular formula is C14H13N3. The number of nitriles is 1. The first-order valence-corrected chi connectivity index (χ1v) is 5.37. The Balaban J connectivity index is 2.06. The van der Waals surface area contributed by atoms with Gasteiger partial charge in [-0.25, -0.2) is 0 Å². The number of anilines is 2. The van der Waals surface area contributed by atoms with Gasteiger partial charge in [-0.3, -0.25) is 0 Å². The van der Waals surface area contributed by atoms with E-state index in [0.717, 1.165) is 12.2 Å². The zero-order valence-electron chi connectivity index (χ0n) is 9.35. The maximum absolute atomic E-state index is 8.77. The van der Waals surface area contributed by atoms with Crippen LogP contribution in [0, 0.1) is 11.3 Å². The van der Waals surface area contributed by atoms with Crippen molar-refractivity contribution in [1.29, 1.82) is 5.26 Å². The van der Waals surface area contributed by atoms with Crippen LogP contribution in [0.25, 0.3) is 0 Å². The second-order valence-corrected chi connectivity index (χ2v) is 3.75. The number of rotatable bonds is 3. The fourth-order valence-corrected chi connectivity index (χ4v) is 1.57. The summed E-state index contributed by atoms with van der Waals surface area (Å²) in [5, 5.41) is 12.0. The molecule has 2 rings (SSSR count). The normalized spacial score (nSPS) is 9.59. The van der Waals surface area contributed by atoms with E-state index in [1.165, 1.54) is 5.56 Å². The van der Waals surface area contributed by atoms with Crippen LogP contribution in [0.1, 0.15) is 11.1 Å². The molecule has 0 aliphatic rings. The van der Waals surface area contributed by atoms with E-state index in [9.17, 15) is 0 Å². The van der Waals surface area contributed by atoms with Gasteiger partial charge in [0, 0.05) is 12.2 Å². The molecule has 0 heterocycles. The Morgan fingerprint density at radius 2 is 1.88 bits per heavy atom. The molecule has 0 saturated carbocycles. The molecule has 3 heteroatoms. The van der Waals surface area contributed by atoms with Crippen molar-refractivity contribution in [3.05, 3.63) is 59.7 Å². The molecule has 0 amide bonds. The molecule has 0 saturated heterocycles. The minimum atomic E-state index is 0.505. The van der Waals surface area contributed by atoms with Crippen molar-refractivity contribution in [2.45, 2.75) is 6.54 Å². The van der Waals surface area contributed by atoms with Crippen LogP contribution in [0.4, 0.5) is 11.4 Å². The Morgan fingerprint density at radius 3 is 2.53 bits per heavy atom. The van der Waals surface area contributed by atoms with Gasteiger partial charge in [0.2, 0.25) is 0 Å². The SMILES string of the molecule is N#Cc1ccc(NCc2ccccc2)cc1N. The van der Waals surface area contributed by atoms with Crippen LogP contribution in [0.2, 0.25) is 0 Å². The van der Waals surface area contributed by atoms with Crippen LogP contribution >= 0.6 is 0 Å². The molecule has 0 fully saturated rings. The molecule has 3 nitrogen and oxygen atoms in total. The predicted molar refractivity (Wildman–Crippen MR) is 69.3 cm³/mol. The summed E-state index contributed by atoms with van der Waals surface area (Å²) in [5.41, 5.74) is 8.88. The molecule has 0 atom stereocenters. The molecule has 0 aliphatic carbocycles. The Bertz CT molecular complexity index is 541. The monoisotopic (exact) mass is 223 g/mol. The Labute approximate surface area is 101 Å². The average Bonchev–Trinajstić information content (AvgIpc) is 2.38. The summed E-state index contributed by atoms with van der Waals surface area (Å²) >= 11 is 0. The van der Waals surface area contributed by atoms with Crippen molar-refractivity contribution in [2.75, 3.05) is 11.1 Å². The molecule has 0 bridgehead atoms. The van der Waals surface area contributed by atoms with Crippen LogP contribution in [-0.2, 0) is 6.54 Å². The minimum absolute atomic E-state index is 0.505. The van der Waals surface area contributed by atoms with Gasteiger partial charge in [0.1, 0.15) is 6.07 Å². The molecule has 0 unspecified atom stereocenters. The number of nitrogens with one attached hydrogen (secondary N) is 1. The van der Waals surface area contributed by atoms with Crippen LogP contribution in [0.15, 0.2) is 48.5 Å². The standard InChI is InChI=1S/C14H13N3/c15-9-12-6-7-13(8-14(12)16)17-10-11-4-2-1-3-5-11/h1-8,17H,10,16H2. The van der Waals surface area contributed by atoms with Crippen LogP contribution < -0.4 is 11.1 Å². The van der Waals surface area contributed by atoms with Crippen molar-refractivity contribution in [1.82, 2.24) is 0 Å². The number of hydrogen-bond acceptors (Lipinski definition) is 3. The summed E-state index contributed by atoms with van der Waals surface area (Å²) in [4.78, 5) is 0. The maximum atomic E-state index is 8.77. The summed E-state index contributed by atoms with van der Waals surface area (Å²) in [6.07, 6.45) is 0. The van der Waals surface area contributed by atoms with E-state index >= 15 is 0 Å². The molecule has 3 N–H and O–H groups in total. The van der Waals surface area contributed by atoms with E-state index in [1.807, 2.05) is 30.3 Å². The fourth-order valence-electron chi connectivity index (χ4n) is 1.57. The lowest BCUT2D eigenvalue weighted by atomic mass is 10.1. The maximum Gasteiger partial charge on any atom is 0.101 e. The number of nitrogens with two attached hydrogens (primary N) is 1. The van der Waals surface area contributed by atoms with E-state index in [1.54, 1.807) is 12.1 Å². The van der Waals surface area contributed by atoms with E-state index in [-0.39, 0.29) is 0 Å². The number of nitrogen functional groups attached to an aromatic ring is 1. The Morgan fingerprint density at radius 1 is 1.12 bits per heavy atom. The topological polar surface area (TPSA) is 61.8 Å². The third-order valence-corrected chi connectivity index (χ3v) is 2.51. The van der Waals surface area contributed by atoms with Gasteiger partial charge in [0.05, 0.1) is 11.3 Å².